The number of anilines is 1. The average Bonchev–Trinajstić information content (AvgIpc) is 3.24. The summed E-state index contributed by atoms with van der Waals surface area (Å²) in [5.41, 5.74) is 7.94. The van der Waals surface area contributed by atoms with Gasteiger partial charge in [0.15, 0.2) is 0 Å². The Labute approximate surface area is 187 Å². The molecule has 0 fully saturated rings. The summed E-state index contributed by atoms with van der Waals surface area (Å²) in [7, 11) is 0. The summed E-state index contributed by atoms with van der Waals surface area (Å²) in [5.74, 6) is 0.862. The van der Waals surface area contributed by atoms with Crippen LogP contribution in [0.3, 0.4) is 0 Å². The Morgan fingerprint density at radius 3 is 2.91 bits per heavy atom. The van der Waals surface area contributed by atoms with Gasteiger partial charge in [0.2, 0.25) is 0 Å². The van der Waals surface area contributed by atoms with Crippen LogP contribution in [-0.4, -0.2) is 27.4 Å². The van der Waals surface area contributed by atoms with E-state index >= 15 is 0 Å². The number of fused-ring (bicyclic) bond motifs is 2. The smallest absolute Gasteiger partial charge is 0.251 e. The Morgan fingerprint density at radius 2 is 2.00 bits per heavy atom. The van der Waals surface area contributed by atoms with E-state index in [1.54, 1.807) is 12.3 Å². The number of hydrogen-bond donors (Lipinski definition) is 2. The predicted octanol–water partition coefficient (Wildman–Crippen LogP) is 4.13. The van der Waals surface area contributed by atoms with E-state index in [1.807, 2.05) is 32.2 Å². The Morgan fingerprint density at radius 1 is 1.09 bits per heavy atom. The van der Waals surface area contributed by atoms with E-state index in [-0.39, 0.29) is 5.91 Å². The summed E-state index contributed by atoms with van der Waals surface area (Å²) in [4.78, 5) is 26.3. The maximum atomic E-state index is 12.8. The molecule has 5 rings (SSSR count). The summed E-state index contributed by atoms with van der Waals surface area (Å²) < 4.78 is 0. The zero-order chi connectivity index (χ0) is 22.1. The minimum Gasteiger partial charge on any atom is -0.370 e. The number of hydrogen-bond acceptors (Lipinski definition) is 5. The number of rotatable bonds is 5. The quantitative estimate of drug-likeness (QED) is 0.505. The van der Waals surface area contributed by atoms with Gasteiger partial charge in [0.25, 0.3) is 5.91 Å². The molecule has 0 radical (unpaired) electrons. The van der Waals surface area contributed by atoms with Crippen molar-refractivity contribution in [3.05, 3.63) is 94.1 Å². The molecule has 2 N–H and O–H groups in total. The summed E-state index contributed by atoms with van der Waals surface area (Å²) in [6, 6.07) is 14.1. The minimum atomic E-state index is -0.106. The van der Waals surface area contributed by atoms with Crippen LogP contribution in [0.2, 0.25) is 0 Å². The Bertz CT molecular complexity index is 1330. The van der Waals surface area contributed by atoms with Crippen LogP contribution in [0.25, 0.3) is 10.9 Å². The van der Waals surface area contributed by atoms with E-state index in [2.05, 4.69) is 49.9 Å². The van der Waals surface area contributed by atoms with Crippen molar-refractivity contribution >= 4 is 22.6 Å². The number of aryl methyl sites for hydroxylation is 2. The van der Waals surface area contributed by atoms with Crippen LogP contribution in [0, 0.1) is 13.8 Å². The maximum absolute atomic E-state index is 12.8. The average molecular weight is 424 g/mol. The first-order valence-electron chi connectivity index (χ1n) is 10.9. The first-order valence-corrected chi connectivity index (χ1v) is 10.9. The molecule has 3 aromatic heterocycles. The fourth-order valence-electron chi connectivity index (χ4n) is 4.14. The lowest BCUT2D eigenvalue weighted by Gasteiger charge is -2.10. The number of amides is 1. The zero-order valence-corrected chi connectivity index (χ0v) is 18.3. The standard InChI is InChI=1S/C26H25N5O/c1-16-9-21-10-18(3-4-24(21)29-14-16)11-23-13-20(6-7-27-23)26(32)30-15-22-12-19-5-8-28-25(19)31-17(22)2/h3-4,6-7,9-10,12-14H,5,8,11,15H2,1-2H3,(H,28,31)(H,30,32). The number of nitrogens with one attached hydrogen (secondary N) is 2. The van der Waals surface area contributed by atoms with Gasteiger partial charge in [-0.15, -0.1) is 0 Å². The second-order valence-electron chi connectivity index (χ2n) is 8.35. The van der Waals surface area contributed by atoms with E-state index in [9.17, 15) is 4.79 Å². The van der Waals surface area contributed by atoms with Gasteiger partial charge in [-0.1, -0.05) is 6.07 Å². The molecule has 1 aromatic carbocycles. The monoisotopic (exact) mass is 423 g/mol. The molecule has 0 bridgehead atoms. The van der Waals surface area contributed by atoms with Crippen LogP contribution in [0.15, 0.2) is 54.9 Å². The van der Waals surface area contributed by atoms with E-state index in [0.717, 1.165) is 57.8 Å². The number of aromatic nitrogens is 3. The largest absolute Gasteiger partial charge is 0.370 e. The highest BCUT2D eigenvalue weighted by atomic mass is 16.1. The molecule has 6 nitrogen and oxygen atoms in total. The Hall–Kier alpha value is -3.80. The number of carbonyl (C=O) groups excluding carboxylic acids is 1. The van der Waals surface area contributed by atoms with Crippen molar-refractivity contribution in [1.82, 2.24) is 20.3 Å². The number of carbonyl (C=O) groups is 1. The van der Waals surface area contributed by atoms with E-state index in [4.69, 9.17) is 0 Å². The third-order valence-corrected chi connectivity index (χ3v) is 5.87. The van der Waals surface area contributed by atoms with Gasteiger partial charge in [0, 0.05) is 54.2 Å². The summed E-state index contributed by atoms with van der Waals surface area (Å²) >= 11 is 0. The summed E-state index contributed by atoms with van der Waals surface area (Å²) in [6.07, 6.45) is 5.21. The van der Waals surface area contributed by atoms with Crippen LogP contribution in [-0.2, 0) is 19.4 Å². The van der Waals surface area contributed by atoms with Crippen LogP contribution in [0.4, 0.5) is 5.82 Å². The molecule has 32 heavy (non-hydrogen) atoms. The lowest BCUT2D eigenvalue weighted by Crippen LogP contribution is -2.23. The molecule has 160 valence electrons. The fourth-order valence-corrected chi connectivity index (χ4v) is 4.14. The topological polar surface area (TPSA) is 79.8 Å². The number of benzene rings is 1. The van der Waals surface area contributed by atoms with Gasteiger partial charge in [-0.25, -0.2) is 4.98 Å². The molecule has 0 spiro atoms. The molecule has 0 saturated heterocycles. The molecule has 6 heteroatoms. The highest BCUT2D eigenvalue weighted by Gasteiger charge is 2.15. The van der Waals surface area contributed by atoms with Crippen molar-refractivity contribution in [2.45, 2.75) is 33.2 Å². The molecule has 1 aliphatic rings. The second kappa shape index (κ2) is 8.38. The van der Waals surface area contributed by atoms with Gasteiger partial charge in [0.05, 0.1) is 5.52 Å². The van der Waals surface area contributed by atoms with Gasteiger partial charge in [-0.3, -0.25) is 14.8 Å². The molecular weight excluding hydrogens is 398 g/mol. The molecule has 0 atom stereocenters. The first kappa shape index (κ1) is 20.1. The first-order chi connectivity index (χ1) is 15.5. The van der Waals surface area contributed by atoms with Crippen molar-refractivity contribution in [2.24, 2.45) is 0 Å². The molecule has 0 unspecified atom stereocenters. The summed E-state index contributed by atoms with van der Waals surface area (Å²) in [6.45, 7) is 5.40. The van der Waals surface area contributed by atoms with Crippen LogP contribution in [0.1, 0.15) is 44.0 Å². The van der Waals surface area contributed by atoms with E-state index in [0.29, 0.717) is 18.5 Å². The predicted molar refractivity (Wildman–Crippen MR) is 126 cm³/mol. The minimum absolute atomic E-state index is 0.106. The molecule has 0 aliphatic carbocycles. The van der Waals surface area contributed by atoms with Crippen molar-refractivity contribution in [2.75, 3.05) is 11.9 Å². The highest BCUT2D eigenvalue weighted by Crippen LogP contribution is 2.22. The zero-order valence-electron chi connectivity index (χ0n) is 18.3. The van der Waals surface area contributed by atoms with Crippen molar-refractivity contribution in [3.63, 3.8) is 0 Å². The molecule has 4 aromatic rings. The van der Waals surface area contributed by atoms with Crippen molar-refractivity contribution in [1.29, 1.82) is 0 Å². The molecule has 1 amide bonds. The van der Waals surface area contributed by atoms with Crippen LogP contribution >= 0.6 is 0 Å². The van der Waals surface area contributed by atoms with Gasteiger partial charge >= 0.3 is 0 Å². The van der Waals surface area contributed by atoms with Crippen LogP contribution in [0.5, 0.6) is 0 Å². The second-order valence-corrected chi connectivity index (χ2v) is 8.35. The molecule has 4 heterocycles. The summed E-state index contributed by atoms with van der Waals surface area (Å²) in [5, 5.41) is 7.44. The highest BCUT2D eigenvalue weighted by molar-refractivity contribution is 5.94. The molecule has 0 saturated carbocycles. The third-order valence-electron chi connectivity index (χ3n) is 5.87. The van der Waals surface area contributed by atoms with Gasteiger partial charge < -0.3 is 10.6 Å². The fraction of sp³-hybridized carbons (Fsp3) is 0.231. The van der Waals surface area contributed by atoms with Gasteiger partial charge in [0.1, 0.15) is 5.82 Å². The van der Waals surface area contributed by atoms with Crippen molar-refractivity contribution < 1.29 is 4.79 Å². The van der Waals surface area contributed by atoms with Crippen LogP contribution < -0.4 is 10.6 Å². The SMILES string of the molecule is Cc1cnc2ccc(Cc3cc(C(=O)NCc4cc5c(nc4C)NCC5)ccn3)cc2c1. The van der Waals surface area contributed by atoms with Gasteiger partial charge in [-0.05, 0) is 78.9 Å². The van der Waals surface area contributed by atoms with Crippen molar-refractivity contribution in [3.8, 4) is 0 Å². The Kier molecular flexibility index (Phi) is 5.27. The maximum Gasteiger partial charge on any atom is 0.251 e. The molecular formula is C26H25N5O. The third kappa shape index (κ3) is 4.17. The Balaban J connectivity index is 1.29. The van der Waals surface area contributed by atoms with E-state index in [1.165, 1.54) is 5.56 Å². The van der Waals surface area contributed by atoms with Gasteiger partial charge in [-0.2, -0.15) is 0 Å². The molecule has 1 aliphatic heterocycles. The normalized spacial score (nSPS) is 12.4. The number of nitrogens with zero attached hydrogens (tertiary/aromatic N) is 3. The van der Waals surface area contributed by atoms with E-state index < -0.39 is 0 Å². The lowest BCUT2D eigenvalue weighted by atomic mass is 10.0. The number of pyridine rings is 3. The lowest BCUT2D eigenvalue weighted by molar-refractivity contribution is 0.0950.